The summed E-state index contributed by atoms with van der Waals surface area (Å²) in [5, 5.41) is 4.41. The van der Waals surface area contributed by atoms with Crippen LogP contribution in [0.3, 0.4) is 0 Å². The van der Waals surface area contributed by atoms with Crippen molar-refractivity contribution in [3.05, 3.63) is 0 Å². The van der Waals surface area contributed by atoms with E-state index in [0.29, 0.717) is 18.3 Å². The molecular formula is C16H23ClN2O4. The Morgan fingerprint density at radius 1 is 1.17 bits per heavy atom. The van der Waals surface area contributed by atoms with Crippen LogP contribution in [0.4, 0.5) is 4.79 Å². The van der Waals surface area contributed by atoms with Gasteiger partial charge in [0.25, 0.3) is 5.91 Å². The molecule has 4 aliphatic carbocycles. The van der Waals surface area contributed by atoms with Gasteiger partial charge in [0.15, 0.2) is 6.10 Å². The first-order valence-electron chi connectivity index (χ1n) is 8.18. The van der Waals surface area contributed by atoms with Gasteiger partial charge < -0.3 is 10.1 Å². The quantitative estimate of drug-likeness (QED) is 0.606. The summed E-state index contributed by atoms with van der Waals surface area (Å²) in [5.41, 5.74) is -0.548. The predicted octanol–water partition coefficient (Wildman–Crippen LogP) is 1.95. The Morgan fingerprint density at radius 2 is 1.78 bits per heavy atom. The molecule has 4 aliphatic rings. The molecule has 4 rings (SSSR count). The van der Waals surface area contributed by atoms with E-state index in [1.807, 2.05) is 0 Å². The van der Waals surface area contributed by atoms with Crippen LogP contribution in [0, 0.1) is 17.3 Å². The molecule has 4 fully saturated rings. The molecule has 3 amide bonds. The molecule has 3 atom stereocenters. The van der Waals surface area contributed by atoms with Crippen molar-refractivity contribution in [2.24, 2.45) is 17.3 Å². The minimum Gasteiger partial charge on any atom is -0.452 e. The Bertz CT molecular complexity index is 536. The largest absolute Gasteiger partial charge is 0.452 e. The topological polar surface area (TPSA) is 84.5 Å². The predicted molar refractivity (Wildman–Crippen MR) is 83.9 cm³/mol. The summed E-state index contributed by atoms with van der Waals surface area (Å²) in [6.07, 6.45) is 4.35. The number of rotatable bonds is 3. The Labute approximate surface area is 140 Å². The fraction of sp³-hybridized carbons (Fsp3) is 0.812. The van der Waals surface area contributed by atoms with Crippen LogP contribution in [0.2, 0.25) is 0 Å². The van der Waals surface area contributed by atoms with E-state index in [2.05, 4.69) is 10.6 Å². The molecule has 0 aliphatic heterocycles. The van der Waals surface area contributed by atoms with Crippen molar-refractivity contribution in [1.82, 2.24) is 10.6 Å². The first-order valence-corrected chi connectivity index (χ1v) is 8.56. The average Bonchev–Trinajstić information content (AvgIpc) is 2.44. The number of alkyl halides is 1. The third kappa shape index (κ3) is 3.05. The van der Waals surface area contributed by atoms with Gasteiger partial charge in [0, 0.05) is 11.9 Å². The number of imide groups is 1. The first-order chi connectivity index (χ1) is 10.8. The zero-order valence-corrected chi connectivity index (χ0v) is 14.2. The molecule has 0 aromatic heterocycles. The smallest absolute Gasteiger partial charge is 0.321 e. The zero-order chi connectivity index (χ0) is 16.8. The molecule has 4 saturated carbocycles. The van der Waals surface area contributed by atoms with Gasteiger partial charge in [0.05, 0.1) is 5.41 Å². The molecule has 6 nitrogen and oxygen atoms in total. The number of amides is 3. The van der Waals surface area contributed by atoms with Crippen LogP contribution in [-0.2, 0) is 14.3 Å². The van der Waals surface area contributed by atoms with Crippen LogP contribution in [0.5, 0.6) is 0 Å². The number of halogens is 1. The van der Waals surface area contributed by atoms with Gasteiger partial charge in [-0.3, -0.25) is 14.9 Å². The maximum Gasteiger partial charge on any atom is 0.321 e. The highest BCUT2D eigenvalue weighted by Gasteiger charge is 2.61. The fourth-order valence-electron chi connectivity index (χ4n) is 5.00. The molecule has 0 radical (unpaired) electrons. The van der Waals surface area contributed by atoms with Crippen molar-refractivity contribution in [3.63, 3.8) is 0 Å². The minimum atomic E-state index is -1.00. The van der Waals surface area contributed by atoms with Gasteiger partial charge in [-0.15, -0.1) is 11.6 Å². The number of esters is 1. The zero-order valence-electron chi connectivity index (χ0n) is 13.5. The van der Waals surface area contributed by atoms with Gasteiger partial charge in [-0.1, -0.05) is 0 Å². The van der Waals surface area contributed by atoms with Crippen LogP contribution >= 0.6 is 11.6 Å². The molecule has 0 saturated heterocycles. The summed E-state index contributed by atoms with van der Waals surface area (Å²) in [4.78, 5) is 35.5. The highest BCUT2D eigenvalue weighted by molar-refractivity contribution is 6.24. The van der Waals surface area contributed by atoms with Crippen molar-refractivity contribution in [3.8, 4) is 0 Å². The van der Waals surface area contributed by atoms with Crippen molar-refractivity contribution >= 4 is 29.5 Å². The van der Waals surface area contributed by atoms with E-state index in [4.69, 9.17) is 16.3 Å². The van der Waals surface area contributed by atoms with Crippen LogP contribution in [-0.4, -0.2) is 35.9 Å². The number of carbonyl (C=O) groups is 3. The standard InChI is InChI=1S/C16H23ClN2O4/c1-9(12(20)19-14(22)18-2)23-13(21)15-4-10-3-11(5-15)7-16(17,6-10)8-15/h9-11H,3-8H2,1-2H3,(H2,18,19,20,22)/t9-,10+,11+,15?,16?/m0/s1. The molecule has 23 heavy (non-hydrogen) atoms. The fourth-order valence-corrected chi connectivity index (χ4v) is 5.70. The number of ether oxygens (including phenoxy) is 1. The van der Waals surface area contributed by atoms with Crippen molar-refractivity contribution in [1.29, 1.82) is 0 Å². The van der Waals surface area contributed by atoms with Crippen LogP contribution in [0.25, 0.3) is 0 Å². The Morgan fingerprint density at radius 3 is 2.30 bits per heavy atom. The molecule has 0 aromatic carbocycles. The maximum atomic E-state index is 12.7. The van der Waals surface area contributed by atoms with E-state index in [9.17, 15) is 14.4 Å². The number of nitrogens with one attached hydrogen (secondary N) is 2. The molecule has 0 aromatic rings. The lowest BCUT2D eigenvalue weighted by Crippen LogP contribution is -2.57. The molecule has 0 spiro atoms. The van der Waals surface area contributed by atoms with Crippen molar-refractivity contribution < 1.29 is 19.1 Å². The SMILES string of the molecule is CNC(=O)NC(=O)[C@H](C)OC(=O)C12C[C@H]3C[C@@H](CC(Cl)(C3)C1)C2. The van der Waals surface area contributed by atoms with Gasteiger partial charge in [-0.05, 0) is 57.3 Å². The highest BCUT2D eigenvalue weighted by atomic mass is 35.5. The second-order valence-corrected chi connectivity index (χ2v) is 8.31. The van der Waals surface area contributed by atoms with Crippen LogP contribution in [0.15, 0.2) is 0 Å². The molecule has 4 bridgehead atoms. The minimum absolute atomic E-state index is 0.281. The molecule has 128 valence electrons. The van der Waals surface area contributed by atoms with Crippen LogP contribution in [0.1, 0.15) is 45.4 Å². The monoisotopic (exact) mass is 342 g/mol. The summed E-state index contributed by atoms with van der Waals surface area (Å²) in [6, 6.07) is -0.618. The van der Waals surface area contributed by atoms with Gasteiger partial charge in [0.1, 0.15) is 0 Å². The molecule has 0 unspecified atom stereocenters. The van der Waals surface area contributed by atoms with Crippen molar-refractivity contribution in [2.75, 3.05) is 7.05 Å². The lowest BCUT2D eigenvalue weighted by molar-refractivity contribution is -0.177. The van der Waals surface area contributed by atoms with Gasteiger partial charge in [-0.25, -0.2) is 4.79 Å². The lowest BCUT2D eigenvalue weighted by Gasteiger charge is -2.58. The van der Waals surface area contributed by atoms with E-state index in [1.165, 1.54) is 14.0 Å². The third-order valence-corrected chi connectivity index (χ3v) is 5.98. The normalized spacial score (nSPS) is 38.7. The van der Waals surface area contributed by atoms with E-state index >= 15 is 0 Å². The summed E-state index contributed by atoms with van der Waals surface area (Å²) >= 11 is 6.71. The number of urea groups is 1. The second-order valence-electron chi connectivity index (χ2n) is 7.51. The molecule has 7 heteroatoms. The number of hydrogen-bond donors (Lipinski definition) is 2. The van der Waals surface area contributed by atoms with E-state index < -0.39 is 23.5 Å². The third-order valence-electron chi connectivity index (χ3n) is 5.54. The van der Waals surface area contributed by atoms with Crippen molar-refractivity contribution in [2.45, 2.75) is 56.4 Å². The second kappa shape index (κ2) is 5.65. The Kier molecular flexibility index (Phi) is 4.07. The summed E-state index contributed by atoms with van der Waals surface area (Å²) in [5.74, 6) is 0.00630. The highest BCUT2D eigenvalue weighted by Crippen LogP contribution is 2.64. The molecule has 2 N–H and O–H groups in total. The number of hydrogen-bond acceptors (Lipinski definition) is 4. The first kappa shape index (κ1) is 16.6. The van der Waals surface area contributed by atoms with Gasteiger partial charge in [0.2, 0.25) is 0 Å². The van der Waals surface area contributed by atoms with Gasteiger partial charge >= 0.3 is 12.0 Å². The van der Waals surface area contributed by atoms with E-state index in [1.54, 1.807) is 0 Å². The van der Waals surface area contributed by atoms with E-state index in [0.717, 1.165) is 32.1 Å². The van der Waals surface area contributed by atoms with E-state index in [-0.39, 0.29) is 10.8 Å². The number of carbonyl (C=O) groups excluding carboxylic acids is 3. The summed E-state index contributed by atoms with van der Waals surface area (Å²) in [6.45, 7) is 1.48. The van der Waals surface area contributed by atoms with Gasteiger partial charge in [-0.2, -0.15) is 0 Å². The Hall–Kier alpha value is -1.30. The average molecular weight is 343 g/mol. The molecular weight excluding hydrogens is 320 g/mol. The lowest BCUT2D eigenvalue weighted by atomic mass is 9.49. The molecule has 0 heterocycles. The maximum absolute atomic E-state index is 12.7. The summed E-state index contributed by atoms with van der Waals surface area (Å²) in [7, 11) is 1.41. The van der Waals surface area contributed by atoms with Crippen LogP contribution < -0.4 is 10.6 Å². The summed E-state index contributed by atoms with van der Waals surface area (Å²) < 4.78 is 5.40. The Balaban J connectivity index is 1.66.